The van der Waals surface area contributed by atoms with Crippen molar-refractivity contribution < 1.29 is 14.6 Å². The van der Waals surface area contributed by atoms with Crippen molar-refractivity contribution in [1.29, 1.82) is 0 Å². The standard InChI is InChI=1S/C11H19N3O3S/c1-5-14-8(6-11(2,3)17-4)12-13-10(14)18-7-9(15)16/h5-7H2,1-4H3,(H,15,16). The summed E-state index contributed by atoms with van der Waals surface area (Å²) in [5.41, 5.74) is -0.311. The van der Waals surface area contributed by atoms with Gasteiger partial charge < -0.3 is 14.4 Å². The molecule has 1 N–H and O–H groups in total. The third-order valence-corrected chi connectivity index (χ3v) is 3.52. The second-order valence-electron chi connectivity index (χ2n) is 4.47. The Morgan fingerprint density at radius 3 is 2.67 bits per heavy atom. The highest BCUT2D eigenvalue weighted by Crippen LogP contribution is 2.20. The minimum atomic E-state index is -0.857. The van der Waals surface area contributed by atoms with Crippen LogP contribution in [0.4, 0.5) is 0 Å². The molecule has 102 valence electrons. The highest BCUT2D eigenvalue weighted by molar-refractivity contribution is 7.99. The molecule has 1 rings (SSSR count). The first-order chi connectivity index (χ1) is 8.39. The zero-order valence-corrected chi connectivity index (χ0v) is 12.0. The molecule has 0 aliphatic carbocycles. The summed E-state index contributed by atoms with van der Waals surface area (Å²) in [6.45, 7) is 6.65. The summed E-state index contributed by atoms with van der Waals surface area (Å²) < 4.78 is 7.29. The molecule has 7 heteroatoms. The summed E-state index contributed by atoms with van der Waals surface area (Å²) in [5.74, 6) is -0.0483. The second kappa shape index (κ2) is 6.19. The molecule has 1 heterocycles. The molecule has 0 fully saturated rings. The summed E-state index contributed by atoms with van der Waals surface area (Å²) in [6.07, 6.45) is 0.637. The quantitative estimate of drug-likeness (QED) is 0.757. The van der Waals surface area contributed by atoms with Crippen molar-refractivity contribution in [3.63, 3.8) is 0 Å². The lowest BCUT2D eigenvalue weighted by Gasteiger charge is -2.22. The van der Waals surface area contributed by atoms with Gasteiger partial charge >= 0.3 is 5.97 Å². The fraction of sp³-hybridized carbons (Fsp3) is 0.727. The SMILES string of the molecule is CCn1c(CC(C)(C)OC)nnc1SCC(=O)O. The molecule has 0 radical (unpaired) electrons. The van der Waals surface area contributed by atoms with Gasteiger partial charge in [-0.15, -0.1) is 10.2 Å². The van der Waals surface area contributed by atoms with Crippen LogP contribution in [-0.2, 0) is 22.5 Å². The Morgan fingerprint density at radius 2 is 2.17 bits per heavy atom. The van der Waals surface area contributed by atoms with Gasteiger partial charge in [0.05, 0.1) is 11.4 Å². The van der Waals surface area contributed by atoms with E-state index in [1.807, 2.05) is 25.3 Å². The molecular weight excluding hydrogens is 254 g/mol. The van der Waals surface area contributed by atoms with Crippen molar-refractivity contribution >= 4 is 17.7 Å². The lowest BCUT2D eigenvalue weighted by Crippen LogP contribution is -2.27. The smallest absolute Gasteiger partial charge is 0.313 e. The van der Waals surface area contributed by atoms with Crippen molar-refractivity contribution in [2.45, 2.75) is 44.5 Å². The number of carbonyl (C=O) groups is 1. The number of hydrogen-bond acceptors (Lipinski definition) is 5. The summed E-state index contributed by atoms with van der Waals surface area (Å²) in [7, 11) is 1.66. The number of rotatable bonds is 7. The molecule has 6 nitrogen and oxygen atoms in total. The number of methoxy groups -OCH3 is 1. The van der Waals surface area contributed by atoms with Gasteiger partial charge in [0.2, 0.25) is 0 Å². The highest BCUT2D eigenvalue weighted by Gasteiger charge is 2.22. The largest absolute Gasteiger partial charge is 0.481 e. The number of carboxylic acid groups (broad SMARTS) is 1. The van der Waals surface area contributed by atoms with Gasteiger partial charge in [-0.05, 0) is 20.8 Å². The monoisotopic (exact) mass is 273 g/mol. The van der Waals surface area contributed by atoms with Crippen LogP contribution in [0.15, 0.2) is 5.16 Å². The average Bonchev–Trinajstić information content (AvgIpc) is 2.67. The Labute approximate surface area is 111 Å². The maximum atomic E-state index is 10.6. The molecule has 1 aromatic rings. The van der Waals surface area contributed by atoms with Gasteiger partial charge in [-0.25, -0.2) is 0 Å². The first-order valence-electron chi connectivity index (χ1n) is 5.71. The van der Waals surface area contributed by atoms with E-state index in [0.29, 0.717) is 18.1 Å². The number of carboxylic acids is 1. The van der Waals surface area contributed by atoms with E-state index in [9.17, 15) is 4.79 Å². The van der Waals surface area contributed by atoms with E-state index in [2.05, 4.69) is 10.2 Å². The van der Waals surface area contributed by atoms with E-state index < -0.39 is 5.97 Å². The molecule has 1 aromatic heterocycles. The Balaban J connectivity index is 2.84. The van der Waals surface area contributed by atoms with Crippen LogP contribution in [0.3, 0.4) is 0 Å². The predicted molar refractivity (Wildman–Crippen MR) is 68.8 cm³/mol. The molecule has 0 aliphatic rings. The molecule has 0 aromatic carbocycles. The molecule has 0 saturated carbocycles. The van der Waals surface area contributed by atoms with E-state index in [1.54, 1.807) is 7.11 Å². The Morgan fingerprint density at radius 1 is 1.50 bits per heavy atom. The lowest BCUT2D eigenvalue weighted by atomic mass is 10.1. The molecule has 18 heavy (non-hydrogen) atoms. The number of aromatic nitrogens is 3. The van der Waals surface area contributed by atoms with Crippen molar-refractivity contribution in [2.24, 2.45) is 0 Å². The maximum absolute atomic E-state index is 10.6. The third-order valence-electron chi connectivity index (χ3n) is 2.57. The Kier molecular flexibility index (Phi) is 5.15. The Hall–Kier alpha value is -1.08. The molecule has 0 unspecified atom stereocenters. The minimum Gasteiger partial charge on any atom is -0.481 e. The van der Waals surface area contributed by atoms with Gasteiger partial charge in [0.15, 0.2) is 5.16 Å². The molecule has 0 bridgehead atoms. The van der Waals surface area contributed by atoms with E-state index in [0.717, 1.165) is 5.82 Å². The van der Waals surface area contributed by atoms with Crippen LogP contribution in [0, 0.1) is 0 Å². The van der Waals surface area contributed by atoms with Gasteiger partial charge in [-0.3, -0.25) is 4.79 Å². The van der Waals surface area contributed by atoms with Crippen LogP contribution in [0.25, 0.3) is 0 Å². The second-order valence-corrected chi connectivity index (χ2v) is 5.41. The fourth-order valence-corrected chi connectivity index (χ4v) is 2.19. The maximum Gasteiger partial charge on any atom is 0.313 e. The zero-order valence-electron chi connectivity index (χ0n) is 11.1. The predicted octanol–water partition coefficient (Wildman–Crippen LogP) is 1.44. The van der Waals surface area contributed by atoms with Gasteiger partial charge in [-0.2, -0.15) is 0 Å². The average molecular weight is 273 g/mol. The van der Waals surface area contributed by atoms with Crippen molar-refractivity contribution in [3.8, 4) is 0 Å². The van der Waals surface area contributed by atoms with Gasteiger partial charge in [0.25, 0.3) is 0 Å². The van der Waals surface area contributed by atoms with Crippen LogP contribution in [-0.4, -0.2) is 44.3 Å². The van der Waals surface area contributed by atoms with Crippen molar-refractivity contribution in [3.05, 3.63) is 5.82 Å². The number of ether oxygens (including phenoxy) is 1. The van der Waals surface area contributed by atoms with Crippen LogP contribution in [0.2, 0.25) is 0 Å². The summed E-state index contributed by atoms with van der Waals surface area (Å²) in [6, 6.07) is 0. The summed E-state index contributed by atoms with van der Waals surface area (Å²) in [5, 5.41) is 17.5. The van der Waals surface area contributed by atoms with E-state index in [1.165, 1.54) is 11.8 Å². The highest BCUT2D eigenvalue weighted by atomic mass is 32.2. The molecule has 0 saturated heterocycles. The van der Waals surface area contributed by atoms with Gasteiger partial charge in [0, 0.05) is 20.1 Å². The molecule has 0 atom stereocenters. The number of hydrogen-bond donors (Lipinski definition) is 1. The zero-order chi connectivity index (χ0) is 13.8. The normalized spacial score (nSPS) is 11.8. The van der Waals surface area contributed by atoms with Crippen molar-refractivity contribution in [1.82, 2.24) is 14.8 Å². The fourth-order valence-electron chi connectivity index (χ4n) is 1.45. The summed E-state index contributed by atoms with van der Waals surface area (Å²) in [4.78, 5) is 10.6. The van der Waals surface area contributed by atoms with E-state index >= 15 is 0 Å². The molecule has 0 spiro atoms. The minimum absolute atomic E-state index is 0.00813. The molecule has 0 aliphatic heterocycles. The number of nitrogens with zero attached hydrogens (tertiary/aromatic N) is 3. The lowest BCUT2D eigenvalue weighted by molar-refractivity contribution is -0.133. The third kappa shape index (κ3) is 3.99. The molecular formula is C11H19N3O3S. The summed E-state index contributed by atoms with van der Waals surface area (Å²) >= 11 is 1.18. The Bertz CT molecular complexity index is 418. The van der Waals surface area contributed by atoms with Crippen LogP contribution in [0.5, 0.6) is 0 Å². The topological polar surface area (TPSA) is 77.2 Å². The van der Waals surface area contributed by atoms with Crippen LogP contribution < -0.4 is 0 Å². The van der Waals surface area contributed by atoms with E-state index in [4.69, 9.17) is 9.84 Å². The first-order valence-corrected chi connectivity index (χ1v) is 6.70. The first kappa shape index (κ1) is 15.0. The number of thioether (sulfide) groups is 1. The van der Waals surface area contributed by atoms with Crippen LogP contribution in [0.1, 0.15) is 26.6 Å². The van der Waals surface area contributed by atoms with Crippen molar-refractivity contribution in [2.75, 3.05) is 12.9 Å². The van der Waals surface area contributed by atoms with Crippen LogP contribution >= 0.6 is 11.8 Å². The van der Waals surface area contributed by atoms with Gasteiger partial charge in [-0.1, -0.05) is 11.8 Å². The number of aliphatic carboxylic acids is 1. The van der Waals surface area contributed by atoms with Gasteiger partial charge in [0.1, 0.15) is 5.82 Å². The molecule has 0 amide bonds. The van der Waals surface area contributed by atoms with E-state index in [-0.39, 0.29) is 11.4 Å².